The van der Waals surface area contributed by atoms with E-state index in [1.165, 1.54) is 231 Å². The van der Waals surface area contributed by atoms with E-state index in [4.69, 9.17) is 9.47 Å². The minimum atomic E-state index is -1.68. The molecule has 0 saturated carbocycles. The Morgan fingerprint density at radius 1 is 0.420 bits per heavy atom. The molecule has 81 heavy (non-hydrogen) atoms. The maximum atomic E-state index is 13.2. The van der Waals surface area contributed by atoms with E-state index in [-0.39, 0.29) is 12.8 Å². The number of rotatable bonds is 60. The number of carbonyl (C=O) groups is 1. The largest absolute Gasteiger partial charge is 0.394 e. The average molecular weight is 1150 g/mol. The van der Waals surface area contributed by atoms with E-state index in [1.807, 2.05) is 0 Å². The van der Waals surface area contributed by atoms with Crippen molar-refractivity contribution in [3.8, 4) is 0 Å². The Balaban J connectivity index is 2.26. The van der Waals surface area contributed by atoms with Gasteiger partial charge in [0.2, 0.25) is 5.91 Å². The molecule has 1 aliphatic heterocycles. The van der Waals surface area contributed by atoms with Crippen molar-refractivity contribution in [2.75, 3.05) is 13.2 Å². The van der Waals surface area contributed by atoms with Gasteiger partial charge in [-0.2, -0.15) is 0 Å². The summed E-state index contributed by atoms with van der Waals surface area (Å²) in [6.07, 6.45) is 64.8. The number of nitrogens with one attached hydrogen (secondary N) is 1. The molecular weight excluding hydrogens is 1010 g/mol. The van der Waals surface area contributed by atoms with Gasteiger partial charge < -0.3 is 50.5 Å². The molecule has 11 heteroatoms. The Morgan fingerprint density at radius 2 is 0.741 bits per heavy atom. The highest BCUT2D eigenvalue weighted by Gasteiger charge is 2.44. The second kappa shape index (κ2) is 58.5. The van der Waals surface area contributed by atoms with Crippen molar-refractivity contribution in [3.05, 3.63) is 48.6 Å². The summed E-state index contributed by atoms with van der Waals surface area (Å²) in [7, 11) is 0. The smallest absolute Gasteiger partial charge is 0.249 e. The van der Waals surface area contributed by atoms with Gasteiger partial charge in [-0.15, -0.1) is 0 Å². The molecule has 9 unspecified atom stereocenters. The number of allylic oxidation sites excluding steroid dienone is 8. The van der Waals surface area contributed by atoms with Crippen LogP contribution < -0.4 is 5.32 Å². The van der Waals surface area contributed by atoms with Crippen molar-refractivity contribution in [2.45, 2.75) is 377 Å². The lowest BCUT2D eigenvalue weighted by Crippen LogP contribution is -2.60. The molecular formula is C70H131NO10. The molecule has 0 spiro atoms. The number of amides is 1. The highest BCUT2D eigenvalue weighted by Crippen LogP contribution is 2.24. The van der Waals surface area contributed by atoms with Gasteiger partial charge in [-0.25, -0.2) is 0 Å². The van der Waals surface area contributed by atoms with Crippen LogP contribution in [0.3, 0.4) is 0 Å². The summed E-state index contributed by atoms with van der Waals surface area (Å²) < 4.78 is 11.2. The topological polar surface area (TPSA) is 189 Å². The van der Waals surface area contributed by atoms with Crippen LogP contribution in [0.2, 0.25) is 0 Å². The van der Waals surface area contributed by atoms with E-state index in [0.717, 1.165) is 44.9 Å². The lowest BCUT2D eigenvalue weighted by atomic mass is 9.98. The van der Waals surface area contributed by atoms with Crippen molar-refractivity contribution in [2.24, 2.45) is 0 Å². The molecule has 1 rings (SSSR count). The molecule has 8 N–H and O–H groups in total. The van der Waals surface area contributed by atoms with Gasteiger partial charge in [0.05, 0.1) is 25.4 Å². The normalized spacial score (nSPS) is 19.4. The number of aliphatic hydroxyl groups excluding tert-OH is 7. The lowest BCUT2D eigenvalue weighted by molar-refractivity contribution is -0.303. The number of ether oxygens (including phenoxy) is 2. The van der Waals surface area contributed by atoms with Gasteiger partial charge in [-0.1, -0.05) is 281 Å². The third-order valence-corrected chi connectivity index (χ3v) is 16.6. The molecule has 1 fully saturated rings. The Labute approximate surface area is 498 Å². The van der Waals surface area contributed by atoms with Crippen molar-refractivity contribution < 1.29 is 50.0 Å². The Hall–Kier alpha value is -1.93. The van der Waals surface area contributed by atoms with Crippen molar-refractivity contribution >= 4 is 5.91 Å². The summed E-state index contributed by atoms with van der Waals surface area (Å²) in [6.45, 7) is 3.48. The predicted molar refractivity (Wildman–Crippen MR) is 339 cm³/mol. The van der Waals surface area contributed by atoms with E-state index >= 15 is 0 Å². The van der Waals surface area contributed by atoms with Gasteiger partial charge in [-0.3, -0.25) is 4.79 Å². The first-order valence-electron chi connectivity index (χ1n) is 34.5. The third-order valence-electron chi connectivity index (χ3n) is 16.6. The summed E-state index contributed by atoms with van der Waals surface area (Å²) in [6, 6.07) is -1.20. The fourth-order valence-corrected chi connectivity index (χ4v) is 11.0. The molecule has 0 bridgehead atoms. The van der Waals surface area contributed by atoms with Gasteiger partial charge in [0, 0.05) is 0 Å². The van der Waals surface area contributed by atoms with Gasteiger partial charge in [0.1, 0.15) is 36.6 Å². The van der Waals surface area contributed by atoms with Crippen LogP contribution in [-0.2, 0) is 14.3 Å². The Bertz CT molecular complexity index is 1460. The molecule has 11 nitrogen and oxygen atoms in total. The highest BCUT2D eigenvalue weighted by molar-refractivity contribution is 5.80. The molecule has 0 aromatic rings. The van der Waals surface area contributed by atoms with Crippen LogP contribution in [0.25, 0.3) is 0 Å². The van der Waals surface area contributed by atoms with Crippen LogP contribution >= 0.6 is 0 Å². The zero-order chi connectivity index (χ0) is 58.9. The van der Waals surface area contributed by atoms with Gasteiger partial charge in [0.15, 0.2) is 6.29 Å². The second-order valence-electron chi connectivity index (χ2n) is 24.2. The Kier molecular flexibility index (Phi) is 55.6. The maximum Gasteiger partial charge on any atom is 0.249 e. The highest BCUT2D eigenvalue weighted by atomic mass is 16.7. The van der Waals surface area contributed by atoms with Crippen molar-refractivity contribution in [1.82, 2.24) is 5.32 Å². The number of carbonyl (C=O) groups excluding carboxylic acids is 1. The summed E-state index contributed by atoms with van der Waals surface area (Å²) >= 11 is 0. The number of hydrogen-bond acceptors (Lipinski definition) is 10. The predicted octanol–water partition coefficient (Wildman–Crippen LogP) is 16.4. The van der Waals surface area contributed by atoms with Crippen molar-refractivity contribution in [1.29, 1.82) is 0 Å². The van der Waals surface area contributed by atoms with E-state index in [1.54, 1.807) is 0 Å². The summed E-state index contributed by atoms with van der Waals surface area (Å²) in [5.74, 6) is -0.710. The molecule has 0 aromatic heterocycles. The van der Waals surface area contributed by atoms with Crippen molar-refractivity contribution in [3.63, 3.8) is 0 Å². The summed E-state index contributed by atoms with van der Waals surface area (Å²) in [4.78, 5) is 13.2. The van der Waals surface area contributed by atoms with E-state index in [9.17, 15) is 40.5 Å². The molecule has 476 valence electrons. The fraction of sp³-hybridized carbons (Fsp3) is 0.871. The first kappa shape index (κ1) is 77.1. The van der Waals surface area contributed by atoms with E-state index in [0.29, 0.717) is 19.3 Å². The van der Waals surface area contributed by atoms with Crippen LogP contribution in [0.4, 0.5) is 0 Å². The van der Waals surface area contributed by atoms with Crippen LogP contribution in [0, 0.1) is 0 Å². The lowest BCUT2D eigenvalue weighted by Gasteiger charge is -2.40. The second-order valence-corrected chi connectivity index (χ2v) is 24.2. The average Bonchev–Trinajstić information content (AvgIpc) is 3.51. The Morgan fingerprint density at radius 3 is 1.10 bits per heavy atom. The molecule has 1 saturated heterocycles. The zero-order valence-corrected chi connectivity index (χ0v) is 52.5. The van der Waals surface area contributed by atoms with Gasteiger partial charge >= 0.3 is 0 Å². The molecule has 0 radical (unpaired) electrons. The molecule has 0 aliphatic carbocycles. The SMILES string of the molecule is CCCCCCCCCCCCCC/C=C\CCCCCCCCCCCCCC(O)C(=O)NC(COC1OC(CO)C(O)C(O)C1O)C(O)C(O)CCC/C=C/CC/C=C/CC/C=C/CCCCCCCCCCCCCCCC. The first-order valence-corrected chi connectivity index (χ1v) is 34.5. The fourth-order valence-electron chi connectivity index (χ4n) is 11.0. The standard InChI is InChI=1S/C70H131NO10/c1-3-5-7-9-11-13-15-17-19-21-23-25-27-29-31-33-35-37-39-41-43-45-47-49-51-53-55-57-62(73)65(75)61(60-80-70-68(78)67(77)66(76)64(59-72)81-70)71-69(79)63(74)58-56-54-52-50-48-46-44-42-40-38-36-34-32-30-28-26-24-22-20-18-16-14-12-10-8-6-4-2/h30,32-33,35,41,43,49,51,61-68,70,72-78H,3-29,31,34,36-40,42,44-48,50,52-60H2,1-2H3,(H,71,79)/b32-30-,35-33+,43-41+,51-49+. The number of hydrogen-bond donors (Lipinski definition) is 8. The van der Waals surface area contributed by atoms with Gasteiger partial charge in [-0.05, 0) is 89.9 Å². The minimum Gasteiger partial charge on any atom is -0.394 e. The van der Waals surface area contributed by atoms with Crippen LogP contribution in [0.1, 0.15) is 322 Å². The van der Waals surface area contributed by atoms with Crippen LogP contribution in [-0.4, -0.2) is 110 Å². The molecule has 1 aliphatic rings. The molecule has 1 amide bonds. The quantitative estimate of drug-likeness (QED) is 0.0215. The molecule has 1 heterocycles. The van der Waals surface area contributed by atoms with Crippen LogP contribution in [0.15, 0.2) is 48.6 Å². The maximum absolute atomic E-state index is 13.2. The molecule has 0 aromatic carbocycles. The third kappa shape index (κ3) is 46.0. The zero-order valence-electron chi connectivity index (χ0n) is 52.5. The van der Waals surface area contributed by atoms with E-state index in [2.05, 4.69) is 67.8 Å². The summed E-state index contributed by atoms with van der Waals surface area (Å²) in [5, 5.41) is 76.4. The van der Waals surface area contributed by atoms with Gasteiger partial charge in [0.25, 0.3) is 0 Å². The van der Waals surface area contributed by atoms with E-state index < -0.39 is 74.2 Å². The monoisotopic (exact) mass is 1150 g/mol. The number of unbranched alkanes of at least 4 members (excludes halogenated alkanes) is 40. The molecule has 9 atom stereocenters. The van der Waals surface area contributed by atoms with Crippen LogP contribution in [0.5, 0.6) is 0 Å². The first-order chi connectivity index (χ1) is 39.7. The summed E-state index contributed by atoms with van der Waals surface area (Å²) in [5.41, 5.74) is 0. The minimum absolute atomic E-state index is 0.241. The number of aliphatic hydroxyl groups is 7.